The maximum atomic E-state index is 13.0. The van der Waals surface area contributed by atoms with Crippen LogP contribution in [0.15, 0.2) is 42.5 Å². The third-order valence-electron chi connectivity index (χ3n) is 2.99. The molecule has 0 bridgehead atoms. The highest BCUT2D eigenvalue weighted by molar-refractivity contribution is 5.92. The van der Waals surface area contributed by atoms with Gasteiger partial charge in [0.25, 0.3) is 5.91 Å². The Morgan fingerprint density at radius 3 is 2.62 bits per heavy atom. The van der Waals surface area contributed by atoms with Crippen molar-refractivity contribution in [3.8, 4) is 5.75 Å². The summed E-state index contributed by atoms with van der Waals surface area (Å²) in [5, 5.41) is 2.78. The average Bonchev–Trinajstić information content (AvgIpc) is 2.48. The molecule has 5 heteroatoms. The molecule has 0 radical (unpaired) electrons. The van der Waals surface area contributed by atoms with Gasteiger partial charge in [0.2, 0.25) is 5.95 Å². The number of carbonyl (C=O) groups excluding carboxylic acids is 1. The highest BCUT2D eigenvalue weighted by Gasteiger charge is 2.13. The summed E-state index contributed by atoms with van der Waals surface area (Å²) in [6, 6.07) is 11.4. The molecule has 1 aromatic carbocycles. The van der Waals surface area contributed by atoms with Gasteiger partial charge < -0.3 is 10.1 Å². The summed E-state index contributed by atoms with van der Waals surface area (Å²) in [7, 11) is 0. The third kappa shape index (κ3) is 4.02. The van der Waals surface area contributed by atoms with Crippen molar-refractivity contribution in [3.63, 3.8) is 0 Å². The normalized spacial score (nSPS) is 11.8. The van der Waals surface area contributed by atoms with E-state index in [1.807, 2.05) is 38.1 Å². The average molecular weight is 288 g/mol. The van der Waals surface area contributed by atoms with Crippen LogP contribution in [-0.2, 0) is 0 Å². The summed E-state index contributed by atoms with van der Waals surface area (Å²) in [6.07, 6.45) is 0. The monoisotopic (exact) mass is 288 g/mol. The van der Waals surface area contributed by atoms with E-state index in [0.29, 0.717) is 6.61 Å². The number of hydrogen-bond donors (Lipinski definition) is 1. The molecule has 0 aliphatic heterocycles. The van der Waals surface area contributed by atoms with Crippen LogP contribution in [0, 0.1) is 5.95 Å². The Balaban J connectivity index is 2.03. The second-order valence-electron chi connectivity index (χ2n) is 4.54. The van der Waals surface area contributed by atoms with Gasteiger partial charge in [-0.25, -0.2) is 4.98 Å². The summed E-state index contributed by atoms with van der Waals surface area (Å²) in [5.41, 5.74) is 0.996. The van der Waals surface area contributed by atoms with E-state index < -0.39 is 11.9 Å². The van der Waals surface area contributed by atoms with E-state index in [1.165, 1.54) is 18.2 Å². The first-order valence-corrected chi connectivity index (χ1v) is 6.76. The lowest BCUT2D eigenvalue weighted by Crippen LogP contribution is -2.27. The van der Waals surface area contributed by atoms with Gasteiger partial charge in [0.1, 0.15) is 11.4 Å². The molecule has 110 valence electrons. The van der Waals surface area contributed by atoms with Crippen LogP contribution in [0.25, 0.3) is 0 Å². The topological polar surface area (TPSA) is 51.2 Å². The molecular weight excluding hydrogens is 271 g/mol. The van der Waals surface area contributed by atoms with Crippen molar-refractivity contribution in [3.05, 3.63) is 59.7 Å². The molecule has 0 fully saturated rings. The van der Waals surface area contributed by atoms with Gasteiger partial charge in [-0.3, -0.25) is 4.79 Å². The van der Waals surface area contributed by atoms with Gasteiger partial charge in [0, 0.05) is 0 Å². The van der Waals surface area contributed by atoms with Crippen LogP contribution < -0.4 is 10.1 Å². The minimum Gasteiger partial charge on any atom is -0.494 e. The van der Waals surface area contributed by atoms with Crippen molar-refractivity contribution in [2.24, 2.45) is 0 Å². The van der Waals surface area contributed by atoms with Crippen molar-refractivity contribution in [2.45, 2.75) is 19.9 Å². The fraction of sp³-hybridized carbons (Fsp3) is 0.250. The molecule has 1 heterocycles. The van der Waals surface area contributed by atoms with Crippen molar-refractivity contribution in [1.82, 2.24) is 10.3 Å². The zero-order chi connectivity index (χ0) is 15.2. The predicted octanol–water partition coefficient (Wildman–Crippen LogP) is 3.11. The van der Waals surface area contributed by atoms with Gasteiger partial charge in [0.15, 0.2) is 0 Å². The Morgan fingerprint density at radius 2 is 2.00 bits per heavy atom. The summed E-state index contributed by atoms with van der Waals surface area (Å²) in [5.74, 6) is -0.293. The number of hydrogen-bond acceptors (Lipinski definition) is 3. The van der Waals surface area contributed by atoms with Gasteiger partial charge in [0.05, 0.1) is 12.6 Å². The van der Waals surface area contributed by atoms with Crippen LogP contribution >= 0.6 is 0 Å². The molecule has 0 saturated carbocycles. The summed E-state index contributed by atoms with van der Waals surface area (Å²) in [6.45, 7) is 4.38. The number of nitrogens with one attached hydrogen (secondary N) is 1. The van der Waals surface area contributed by atoms with Crippen LogP contribution in [0.5, 0.6) is 5.75 Å². The van der Waals surface area contributed by atoms with Crippen molar-refractivity contribution in [2.75, 3.05) is 6.61 Å². The third-order valence-corrected chi connectivity index (χ3v) is 2.99. The maximum absolute atomic E-state index is 13.0. The first-order valence-electron chi connectivity index (χ1n) is 6.76. The van der Waals surface area contributed by atoms with Crippen LogP contribution in [-0.4, -0.2) is 17.5 Å². The van der Waals surface area contributed by atoms with Crippen molar-refractivity contribution in [1.29, 1.82) is 0 Å². The van der Waals surface area contributed by atoms with Crippen LogP contribution in [0.1, 0.15) is 35.9 Å². The molecule has 0 saturated heterocycles. The molecule has 2 rings (SSSR count). The summed E-state index contributed by atoms with van der Waals surface area (Å²) >= 11 is 0. The number of ether oxygens (including phenoxy) is 1. The predicted molar refractivity (Wildman–Crippen MR) is 77.7 cm³/mol. The highest BCUT2D eigenvalue weighted by atomic mass is 19.1. The molecule has 21 heavy (non-hydrogen) atoms. The lowest BCUT2D eigenvalue weighted by atomic mass is 10.1. The minimum absolute atomic E-state index is 0.0628. The van der Waals surface area contributed by atoms with E-state index in [2.05, 4.69) is 10.3 Å². The number of nitrogens with zero attached hydrogens (tertiary/aromatic N) is 1. The molecule has 1 amide bonds. The van der Waals surface area contributed by atoms with Crippen LogP contribution in [0.3, 0.4) is 0 Å². The summed E-state index contributed by atoms with van der Waals surface area (Å²) in [4.78, 5) is 15.5. The number of amides is 1. The van der Waals surface area contributed by atoms with E-state index >= 15 is 0 Å². The van der Waals surface area contributed by atoms with E-state index in [9.17, 15) is 9.18 Å². The molecule has 0 spiro atoms. The minimum atomic E-state index is -0.670. The van der Waals surface area contributed by atoms with Crippen LogP contribution in [0.2, 0.25) is 0 Å². The lowest BCUT2D eigenvalue weighted by Gasteiger charge is -2.14. The Bertz CT molecular complexity index is 614. The molecule has 4 nitrogen and oxygen atoms in total. The second-order valence-corrected chi connectivity index (χ2v) is 4.54. The summed E-state index contributed by atoms with van der Waals surface area (Å²) < 4.78 is 18.4. The number of rotatable bonds is 5. The fourth-order valence-corrected chi connectivity index (χ4v) is 1.91. The zero-order valence-electron chi connectivity index (χ0n) is 12.0. The molecule has 1 aromatic heterocycles. The van der Waals surface area contributed by atoms with Crippen molar-refractivity contribution < 1.29 is 13.9 Å². The zero-order valence-corrected chi connectivity index (χ0v) is 12.0. The first-order chi connectivity index (χ1) is 10.1. The highest BCUT2D eigenvalue weighted by Crippen LogP contribution is 2.18. The number of carbonyl (C=O) groups is 1. The molecule has 1 unspecified atom stereocenters. The van der Waals surface area contributed by atoms with Gasteiger partial charge >= 0.3 is 0 Å². The quantitative estimate of drug-likeness (QED) is 0.860. The number of aromatic nitrogens is 1. The van der Waals surface area contributed by atoms with Gasteiger partial charge in [-0.05, 0) is 43.7 Å². The SMILES string of the molecule is CCOc1ccc(C(C)NC(=O)c2cccc(F)n2)cc1. The van der Waals surface area contributed by atoms with E-state index in [4.69, 9.17) is 4.74 Å². The lowest BCUT2D eigenvalue weighted by molar-refractivity contribution is 0.0933. The Kier molecular flexibility index (Phi) is 4.87. The Morgan fingerprint density at radius 1 is 1.29 bits per heavy atom. The first kappa shape index (κ1) is 15.0. The number of pyridine rings is 1. The van der Waals surface area contributed by atoms with Crippen molar-refractivity contribution >= 4 is 5.91 Å². The van der Waals surface area contributed by atoms with Gasteiger partial charge in [-0.2, -0.15) is 4.39 Å². The Labute approximate surface area is 123 Å². The van der Waals surface area contributed by atoms with E-state index in [-0.39, 0.29) is 11.7 Å². The van der Waals surface area contributed by atoms with E-state index in [0.717, 1.165) is 11.3 Å². The number of halogens is 1. The Hall–Kier alpha value is -2.43. The molecular formula is C16H17FN2O2. The molecule has 1 atom stereocenters. The smallest absolute Gasteiger partial charge is 0.270 e. The molecule has 2 aromatic rings. The fourth-order valence-electron chi connectivity index (χ4n) is 1.91. The van der Waals surface area contributed by atoms with Crippen LogP contribution in [0.4, 0.5) is 4.39 Å². The molecule has 0 aliphatic carbocycles. The molecule has 1 N–H and O–H groups in total. The number of benzene rings is 1. The standard InChI is InChI=1S/C16H17FN2O2/c1-3-21-13-9-7-12(8-10-13)11(2)18-16(20)14-5-4-6-15(17)19-14/h4-11H,3H2,1-2H3,(H,18,20). The van der Waals surface area contributed by atoms with Gasteiger partial charge in [-0.1, -0.05) is 18.2 Å². The maximum Gasteiger partial charge on any atom is 0.270 e. The van der Waals surface area contributed by atoms with E-state index in [1.54, 1.807) is 0 Å². The largest absolute Gasteiger partial charge is 0.494 e. The second kappa shape index (κ2) is 6.83. The molecule has 0 aliphatic rings. The van der Waals surface area contributed by atoms with Gasteiger partial charge in [-0.15, -0.1) is 0 Å².